The Bertz CT molecular complexity index is 140. The van der Waals surface area contributed by atoms with Crippen LogP contribution < -0.4 is 0 Å². The second-order valence-electron chi connectivity index (χ2n) is 3.55. The van der Waals surface area contributed by atoms with Crippen LogP contribution in [0.5, 0.6) is 0 Å². The smallest absolute Gasteiger partial charge is 0.117 e. The summed E-state index contributed by atoms with van der Waals surface area (Å²) in [6.07, 6.45) is 2.41. The summed E-state index contributed by atoms with van der Waals surface area (Å²) in [7, 11) is 0. The van der Waals surface area contributed by atoms with Crippen molar-refractivity contribution in [2.45, 2.75) is 47.2 Å². The van der Waals surface area contributed by atoms with Crippen LogP contribution >= 0.6 is 56.8 Å². The van der Waals surface area contributed by atoms with Gasteiger partial charge in [-0.1, -0.05) is 22.6 Å². The van der Waals surface area contributed by atoms with Gasteiger partial charge in [-0.05, 0) is 56.2 Å². The molecule has 0 amide bonds. The van der Waals surface area contributed by atoms with Crippen molar-refractivity contribution < 1.29 is 4.74 Å². The minimum absolute atomic E-state index is 0.0517. The maximum absolute atomic E-state index is 5.79. The maximum Gasteiger partial charge on any atom is 0.117 e. The third-order valence-corrected chi connectivity index (χ3v) is 3.47. The fraction of sp³-hybridized carbons (Fsp3) is 1.00. The van der Waals surface area contributed by atoms with Crippen molar-refractivity contribution in [1.82, 2.24) is 0 Å². The molecule has 0 aromatic heterocycles. The molecule has 0 aromatic rings. The van der Waals surface area contributed by atoms with Crippen molar-refractivity contribution in [3.63, 3.8) is 0 Å². The quantitative estimate of drug-likeness (QED) is 0.449. The highest BCUT2D eigenvalue weighted by Crippen LogP contribution is 2.31. The van der Waals surface area contributed by atoms with Gasteiger partial charge in [-0.3, -0.25) is 0 Å². The number of alkyl halides is 3. The Balaban J connectivity index is 3.85. The van der Waals surface area contributed by atoms with Gasteiger partial charge >= 0.3 is 0 Å². The molecule has 0 heterocycles. The third kappa shape index (κ3) is 8.69. The molecule has 0 rings (SSSR count). The summed E-state index contributed by atoms with van der Waals surface area (Å²) in [6, 6.07) is 0. The summed E-state index contributed by atoms with van der Waals surface area (Å²) >= 11 is 10.5. The Kier molecular flexibility index (Phi) is 7.99. The molecule has 0 aliphatic carbocycles. The first kappa shape index (κ1) is 14.7. The minimum Gasteiger partial charge on any atom is -0.362 e. The molecule has 1 unspecified atom stereocenters. The lowest BCUT2D eigenvalue weighted by Gasteiger charge is -2.27. The average Bonchev–Trinajstić information content (AvgIpc) is 1.81. The molecule has 1 nitrogen and oxygen atoms in total. The molecule has 4 heteroatoms. The summed E-state index contributed by atoms with van der Waals surface area (Å²) < 4.78 is 6.35. The molecule has 0 N–H and O–H groups in total. The molecule has 0 radical (unpaired) electrons. The fourth-order valence-corrected chi connectivity index (χ4v) is 4.82. The minimum atomic E-state index is -0.0517. The van der Waals surface area contributed by atoms with E-state index in [0.717, 1.165) is 18.7 Å². The SMILES string of the molecule is CC(C)O[C@@](C)(I)CC(I)CCCl. The summed E-state index contributed by atoms with van der Waals surface area (Å²) in [5.74, 6) is 0.738. The predicted molar refractivity (Wildman–Crippen MR) is 76.4 cm³/mol. The van der Waals surface area contributed by atoms with E-state index < -0.39 is 0 Å². The van der Waals surface area contributed by atoms with Gasteiger partial charge in [0.1, 0.15) is 3.61 Å². The molecule has 0 fully saturated rings. The second-order valence-corrected chi connectivity index (χ2v) is 7.97. The van der Waals surface area contributed by atoms with Crippen molar-refractivity contribution in [2.24, 2.45) is 0 Å². The molecular weight excluding hydrogens is 413 g/mol. The molecule has 0 aliphatic heterocycles. The van der Waals surface area contributed by atoms with Gasteiger partial charge in [0.15, 0.2) is 0 Å². The molecule has 80 valence electrons. The molecule has 0 saturated carbocycles. The van der Waals surface area contributed by atoms with Gasteiger partial charge in [0.25, 0.3) is 0 Å². The molecule has 0 aromatic carbocycles. The van der Waals surface area contributed by atoms with E-state index in [2.05, 4.69) is 66.0 Å². The van der Waals surface area contributed by atoms with E-state index in [-0.39, 0.29) is 3.61 Å². The predicted octanol–water partition coefficient (Wildman–Crippen LogP) is 4.39. The molecular formula is C9H17ClI2O. The highest BCUT2D eigenvalue weighted by atomic mass is 127. The van der Waals surface area contributed by atoms with Crippen LogP contribution in [0.3, 0.4) is 0 Å². The van der Waals surface area contributed by atoms with Gasteiger partial charge in [-0.2, -0.15) is 0 Å². The van der Waals surface area contributed by atoms with Crippen molar-refractivity contribution in [3.05, 3.63) is 0 Å². The van der Waals surface area contributed by atoms with E-state index in [1.165, 1.54) is 0 Å². The van der Waals surface area contributed by atoms with Gasteiger partial charge in [-0.25, -0.2) is 0 Å². The zero-order valence-electron chi connectivity index (χ0n) is 8.32. The Hall–Kier alpha value is 1.71. The summed E-state index contributed by atoms with van der Waals surface area (Å²) in [5, 5.41) is 0. The monoisotopic (exact) mass is 430 g/mol. The van der Waals surface area contributed by atoms with Crippen LogP contribution in [-0.4, -0.2) is 19.5 Å². The molecule has 2 atom stereocenters. The van der Waals surface area contributed by atoms with Crippen LogP contribution in [-0.2, 0) is 4.74 Å². The van der Waals surface area contributed by atoms with E-state index in [1.807, 2.05) is 0 Å². The number of hydrogen-bond donors (Lipinski definition) is 0. The molecule has 0 saturated heterocycles. The summed E-state index contributed by atoms with van der Waals surface area (Å²) in [5.41, 5.74) is 0. The zero-order valence-corrected chi connectivity index (χ0v) is 13.4. The number of hydrogen-bond acceptors (Lipinski definition) is 1. The van der Waals surface area contributed by atoms with Crippen LogP contribution in [0.1, 0.15) is 33.6 Å². The Morgan fingerprint density at radius 1 is 1.46 bits per heavy atom. The maximum atomic E-state index is 5.79. The number of rotatable bonds is 6. The standard InChI is InChI=1S/C9H17ClI2O/c1-7(2)13-9(3,12)6-8(11)4-5-10/h7-8H,4-6H2,1-3H3/t8?,9-/m1/s1. The van der Waals surface area contributed by atoms with Gasteiger partial charge in [0.05, 0.1) is 6.10 Å². The van der Waals surface area contributed by atoms with E-state index >= 15 is 0 Å². The highest BCUT2D eigenvalue weighted by Gasteiger charge is 2.25. The third-order valence-electron chi connectivity index (χ3n) is 1.49. The molecule has 0 bridgehead atoms. The van der Waals surface area contributed by atoms with Crippen LogP contribution in [0.2, 0.25) is 0 Å². The van der Waals surface area contributed by atoms with Gasteiger partial charge in [-0.15, -0.1) is 11.6 Å². The Morgan fingerprint density at radius 3 is 2.38 bits per heavy atom. The van der Waals surface area contributed by atoms with Crippen molar-refractivity contribution in [2.75, 3.05) is 5.88 Å². The Labute approximate surface area is 114 Å². The average molecular weight is 430 g/mol. The van der Waals surface area contributed by atoms with Crippen molar-refractivity contribution in [3.8, 4) is 0 Å². The topological polar surface area (TPSA) is 9.23 Å². The number of halogens is 3. The van der Waals surface area contributed by atoms with Crippen LogP contribution in [0.4, 0.5) is 0 Å². The molecule has 0 aliphatic rings. The second kappa shape index (κ2) is 7.06. The number of ether oxygens (including phenoxy) is 1. The van der Waals surface area contributed by atoms with E-state index in [9.17, 15) is 0 Å². The Morgan fingerprint density at radius 2 is 2.00 bits per heavy atom. The zero-order chi connectivity index (χ0) is 10.5. The fourth-order valence-electron chi connectivity index (χ4n) is 1.16. The highest BCUT2D eigenvalue weighted by molar-refractivity contribution is 14.1. The van der Waals surface area contributed by atoms with Gasteiger partial charge < -0.3 is 4.74 Å². The van der Waals surface area contributed by atoms with Crippen molar-refractivity contribution in [1.29, 1.82) is 0 Å². The lowest BCUT2D eigenvalue weighted by molar-refractivity contribution is 0.00272. The lowest BCUT2D eigenvalue weighted by Crippen LogP contribution is -2.27. The van der Waals surface area contributed by atoms with E-state index in [0.29, 0.717) is 10.0 Å². The van der Waals surface area contributed by atoms with E-state index in [4.69, 9.17) is 16.3 Å². The van der Waals surface area contributed by atoms with Crippen LogP contribution in [0, 0.1) is 0 Å². The molecule has 0 spiro atoms. The van der Waals surface area contributed by atoms with Gasteiger partial charge in [0.2, 0.25) is 0 Å². The first-order valence-electron chi connectivity index (χ1n) is 4.44. The summed E-state index contributed by atoms with van der Waals surface area (Å²) in [6.45, 7) is 6.27. The van der Waals surface area contributed by atoms with Crippen molar-refractivity contribution >= 4 is 56.8 Å². The lowest BCUT2D eigenvalue weighted by atomic mass is 10.2. The first-order chi connectivity index (χ1) is 5.87. The van der Waals surface area contributed by atoms with Crippen LogP contribution in [0.15, 0.2) is 0 Å². The van der Waals surface area contributed by atoms with Crippen LogP contribution in [0.25, 0.3) is 0 Å². The first-order valence-corrected chi connectivity index (χ1v) is 7.30. The van der Waals surface area contributed by atoms with E-state index in [1.54, 1.807) is 0 Å². The summed E-state index contributed by atoms with van der Waals surface area (Å²) in [4.78, 5) is 0. The molecule has 13 heavy (non-hydrogen) atoms. The largest absolute Gasteiger partial charge is 0.362 e. The van der Waals surface area contributed by atoms with Gasteiger partial charge in [0, 0.05) is 9.80 Å². The normalized spacial score (nSPS) is 18.7.